The first-order valence-corrected chi connectivity index (χ1v) is 4.62. The van der Waals surface area contributed by atoms with Crippen molar-refractivity contribution < 1.29 is 0 Å². The minimum absolute atomic E-state index is 0.154. The zero-order valence-electron chi connectivity index (χ0n) is 6.97. The number of fused-ring (bicyclic) bond motifs is 1. The van der Waals surface area contributed by atoms with E-state index in [1.807, 2.05) is 19.1 Å². The molecule has 0 saturated carbocycles. The summed E-state index contributed by atoms with van der Waals surface area (Å²) in [6, 6.07) is 5.64. The van der Waals surface area contributed by atoms with Crippen LogP contribution in [0.1, 0.15) is 5.56 Å². The van der Waals surface area contributed by atoms with Gasteiger partial charge in [-0.15, -0.1) is 0 Å². The van der Waals surface area contributed by atoms with E-state index >= 15 is 0 Å². The summed E-state index contributed by atoms with van der Waals surface area (Å²) >= 11 is 3.28. The number of H-pyrrole nitrogens is 1. The van der Waals surface area contributed by atoms with Crippen LogP contribution in [0.25, 0.3) is 10.8 Å². The van der Waals surface area contributed by atoms with Crippen molar-refractivity contribution in [1.29, 1.82) is 0 Å². The fraction of sp³-hybridized carbons (Fsp3) is 0.111. The second-order valence-electron chi connectivity index (χ2n) is 2.89. The normalized spacial score (nSPS) is 10.6. The summed E-state index contributed by atoms with van der Waals surface area (Å²) in [5, 5.41) is 7.75. The fourth-order valence-electron chi connectivity index (χ4n) is 1.25. The van der Waals surface area contributed by atoms with Crippen LogP contribution in [0.3, 0.4) is 0 Å². The second-order valence-corrected chi connectivity index (χ2v) is 3.64. The summed E-state index contributed by atoms with van der Waals surface area (Å²) in [7, 11) is 0. The number of halogens is 1. The lowest BCUT2D eigenvalue weighted by Crippen LogP contribution is -2.08. The number of aromatic nitrogens is 2. The number of hydrogen-bond acceptors (Lipinski definition) is 2. The topological polar surface area (TPSA) is 45.8 Å². The van der Waals surface area contributed by atoms with Crippen LogP contribution in [0.2, 0.25) is 0 Å². The number of nitrogens with zero attached hydrogens (tertiary/aromatic N) is 1. The molecule has 0 atom stereocenters. The minimum Gasteiger partial charge on any atom is -0.267 e. The Morgan fingerprint density at radius 1 is 1.38 bits per heavy atom. The van der Waals surface area contributed by atoms with E-state index in [0.29, 0.717) is 9.99 Å². The molecule has 2 aromatic rings. The molecule has 0 bridgehead atoms. The number of rotatable bonds is 0. The maximum Gasteiger partial charge on any atom is 0.272 e. The zero-order chi connectivity index (χ0) is 9.42. The Labute approximate surface area is 82.9 Å². The van der Waals surface area contributed by atoms with Crippen molar-refractivity contribution in [3.05, 3.63) is 38.7 Å². The first-order valence-electron chi connectivity index (χ1n) is 3.83. The molecular weight excluding hydrogens is 232 g/mol. The fourth-order valence-corrected chi connectivity index (χ4v) is 1.66. The van der Waals surface area contributed by atoms with Gasteiger partial charge in [0.1, 0.15) is 4.60 Å². The van der Waals surface area contributed by atoms with E-state index in [4.69, 9.17) is 0 Å². The third-order valence-corrected chi connectivity index (χ3v) is 2.50. The molecule has 1 aromatic heterocycles. The van der Waals surface area contributed by atoms with Crippen LogP contribution >= 0.6 is 15.9 Å². The molecule has 0 saturated heterocycles. The van der Waals surface area contributed by atoms with Gasteiger partial charge in [-0.3, -0.25) is 4.79 Å². The molecule has 2 rings (SSSR count). The quantitative estimate of drug-likeness (QED) is 0.764. The van der Waals surface area contributed by atoms with Crippen molar-refractivity contribution in [1.82, 2.24) is 10.2 Å². The van der Waals surface area contributed by atoms with Gasteiger partial charge < -0.3 is 0 Å². The lowest BCUT2D eigenvalue weighted by molar-refractivity contribution is 0.989. The highest BCUT2D eigenvalue weighted by molar-refractivity contribution is 9.10. The average Bonchev–Trinajstić information content (AvgIpc) is 2.12. The summed E-state index contributed by atoms with van der Waals surface area (Å²) in [5.41, 5.74) is 0.957. The van der Waals surface area contributed by atoms with Gasteiger partial charge in [-0.25, -0.2) is 5.10 Å². The van der Waals surface area contributed by atoms with E-state index in [9.17, 15) is 4.79 Å². The van der Waals surface area contributed by atoms with Crippen molar-refractivity contribution in [2.45, 2.75) is 6.92 Å². The maximum absolute atomic E-state index is 11.3. The Balaban J connectivity index is 3.01. The number of benzene rings is 1. The van der Waals surface area contributed by atoms with Gasteiger partial charge in [0.05, 0.1) is 5.39 Å². The van der Waals surface area contributed by atoms with Crippen molar-refractivity contribution in [2.75, 3.05) is 0 Å². The highest BCUT2D eigenvalue weighted by Gasteiger charge is 2.02. The average molecular weight is 239 g/mol. The van der Waals surface area contributed by atoms with Crippen LogP contribution < -0.4 is 5.56 Å². The molecule has 0 aliphatic carbocycles. The predicted molar refractivity (Wildman–Crippen MR) is 54.8 cm³/mol. The molecule has 3 nitrogen and oxygen atoms in total. The van der Waals surface area contributed by atoms with Gasteiger partial charge >= 0.3 is 0 Å². The summed E-state index contributed by atoms with van der Waals surface area (Å²) in [5.74, 6) is 0. The lowest BCUT2D eigenvalue weighted by atomic mass is 10.1. The highest BCUT2D eigenvalue weighted by atomic mass is 79.9. The van der Waals surface area contributed by atoms with Crippen molar-refractivity contribution in [2.24, 2.45) is 0 Å². The monoisotopic (exact) mass is 238 g/mol. The Morgan fingerprint density at radius 2 is 2.15 bits per heavy atom. The molecule has 0 spiro atoms. The molecule has 1 heterocycles. The molecule has 13 heavy (non-hydrogen) atoms. The van der Waals surface area contributed by atoms with Gasteiger partial charge in [0, 0.05) is 5.39 Å². The molecule has 1 N–H and O–H groups in total. The largest absolute Gasteiger partial charge is 0.272 e. The van der Waals surface area contributed by atoms with Crippen LogP contribution in [-0.2, 0) is 0 Å². The minimum atomic E-state index is -0.154. The van der Waals surface area contributed by atoms with Gasteiger partial charge in [0.15, 0.2) is 0 Å². The van der Waals surface area contributed by atoms with E-state index in [0.717, 1.165) is 10.9 Å². The SMILES string of the molecule is Cc1ccc2c(=O)[nH]nc(Br)c2c1. The number of nitrogens with one attached hydrogen (secondary N) is 1. The van der Waals surface area contributed by atoms with Gasteiger partial charge in [-0.05, 0) is 35.0 Å². The number of hydrogen-bond donors (Lipinski definition) is 1. The standard InChI is InChI=1S/C9H7BrN2O/c1-5-2-3-6-7(4-5)8(10)11-12-9(6)13/h2-4H,1H3,(H,12,13). The maximum atomic E-state index is 11.3. The summed E-state index contributed by atoms with van der Waals surface area (Å²) in [4.78, 5) is 11.3. The third kappa shape index (κ3) is 1.37. The van der Waals surface area contributed by atoms with E-state index in [1.165, 1.54) is 0 Å². The number of aromatic amines is 1. The lowest BCUT2D eigenvalue weighted by Gasteiger charge is -1.99. The van der Waals surface area contributed by atoms with Crippen molar-refractivity contribution >= 4 is 26.7 Å². The molecule has 0 aliphatic heterocycles. The number of aryl methyl sites for hydroxylation is 1. The third-order valence-electron chi connectivity index (χ3n) is 1.90. The van der Waals surface area contributed by atoms with Gasteiger partial charge in [-0.2, -0.15) is 5.10 Å². The Hall–Kier alpha value is -1.16. The summed E-state index contributed by atoms with van der Waals surface area (Å²) in [6.07, 6.45) is 0. The molecule has 1 aromatic carbocycles. The first-order chi connectivity index (χ1) is 6.18. The Kier molecular flexibility index (Phi) is 1.92. The molecule has 0 amide bonds. The molecular formula is C9H7BrN2O. The van der Waals surface area contributed by atoms with Crippen LogP contribution in [0.15, 0.2) is 27.6 Å². The highest BCUT2D eigenvalue weighted by Crippen LogP contribution is 2.18. The van der Waals surface area contributed by atoms with Crippen LogP contribution in [0.5, 0.6) is 0 Å². The van der Waals surface area contributed by atoms with Crippen LogP contribution in [-0.4, -0.2) is 10.2 Å². The van der Waals surface area contributed by atoms with E-state index in [2.05, 4.69) is 26.1 Å². The molecule has 4 heteroatoms. The Morgan fingerprint density at radius 3 is 2.92 bits per heavy atom. The van der Waals surface area contributed by atoms with Gasteiger partial charge in [0.25, 0.3) is 5.56 Å². The van der Waals surface area contributed by atoms with E-state index in [-0.39, 0.29) is 5.56 Å². The molecule has 0 aliphatic rings. The van der Waals surface area contributed by atoms with Gasteiger partial charge in [0.2, 0.25) is 0 Å². The zero-order valence-corrected chi connectivity index (χ0v) is 8.55. The van der Waals surface area contributed by atoms with E-state index < -0.39 is 0 Å². The summed E-state index contributed by atoms with van der Waals surface area (Å²) < 4.78 is 0.672. The molecule has 66 valence electrons. The first kappa shape index (κ1) is 8.44. The molecule has 0 unspecified atom stereocenters. The molecule has 0 radical (unpaired) electrons. The van der Waals surface area contributed by atoms with Crippen molar-refractivity contribution in [3.8, 4) is 0 Å². The predicted octanol–water partition coefficient (Wildman–Crippen LogP) is 1.99. The van der Waals surface area contributed by atoms with Crippen LogP contribution in [0.4, 0.5) is 0 Å². The van der Waals surface area contributed by atoms with Crippen molar-refractivity contribution in [3.63, 3.8) is 0 Å². The smallest absolute Gasteiger partial charge is 0.267 e. The Bertz CT molecular complexity index is 518. The van der Waals surface area contributed by atoms with E-state index in [1.54, 1.807) is 6.07 Å². The summed E-state index contributed by atoms with van der Waals surface area (Å²) in [6.45, 7) is 1.98. The van der Waals surface area contributed by atoms with Gasteiger partial charge in [-0.1, -0.05) is 11.6 Å². The van der Waals surface area contributed by atoms with Crippen LogP contribution in [0, 0.1) is 6.92 Å². The molecule has 0 fully saturated rings. The second kappa shape index (κ2) is 2.96.